The Kier molecular flexibility index (Phi) is 4.20. The van der Waals surface area contributed by atoms with Crippen molar-refractivity contribution in [2.45, 2.75) is 19.8 Å². The van der Waals surface area contributed by atoms with Gasteiger partial charge in [0.15, 0.2) is 5.78 Å². The van der Waals surface area contributed by atoms with Crippen molar-refractivity contribution < 1.29 is 6.17 Å². The second-order valence-electron chi connectivity index (χ2n) is 4.52. The molecule has 0 aliphatic rings. The van der Waals surface area contributed by atoms with Crippen LogP contribution in [0.1, 0.15) is 25.8 Å². The Morgan fingerprint density at radius 3 is 2.26 bits per heavy atom. The fourth-order valence-corrected chi connectivity index (χ4v) is 1.90. The first kappa shape index (κ1) is 11.9. The van der Waals surface area contributed by atoms with Crippen molar-refractivity contribution in [3.8, 4) is 0 Å². The maximum atomic E-state index is 12.2. The molecule has 2 aromatic carbocycles. The summed E-state index contributed by atoms with van der Waals surface area (Å²) in [6, 6.07) is 19.7. The molecule has 0 heterocycles. The summed E-state index contributed by atoms with van der Waals surface area (Å²) in [5.74, 6) is 0.0442. The summed E-state index contributed by atoms with van der Waals surface area (Å²) in [7, 11) is 0. The van der Waals surface area contributed by atoms with E-state index >= 15 is 0 Å². The number of ketones is 1. The third-order valence-corrected chi connectivity index (χ3v) is 3.01. The van der Waals surface area contributed by atoms with Crippen LogP contribution in [-0.4, -0.2) is 5.78 Å². The lowest BCUT2D eigenvalue weighted by Gasteiger charge is -2.02. The van der Waals surface area contributed by atoms with Crippen LogP contribution in [0.25, 0.3) is 6.05 Å². The molecule has 2 aromatic rings. The van der Waals surface area contributed by atoms with Crippen LogP contribution in [0.2, 0.25) is 0 Å². The predicted octanol–water partition coefficient (Wildman–Crippen LogP) is 4.29. The third kappa shape index (κ3) is 4.22. The highest BCUT2D eigenvalue weighted by Gasteiger charge is 2.05. The fourth-order valence-electron chi connectivity index (χ4n) is 1.90. The topological polar surface area (TPSA) is 17.1 Å². The molecule has 0 spiro atoms. The van der Waals surface area contributed by atoms with E-state index in [1.54, 1.807) is 6.92 Å². The van der Waals surface area contributed by atoms with E-state index in [0.29, 0.717) is 18.0 Å². The molecular weight excluding hydrogens is 232 g/mol. The number of carbonyl (C=O) groups excluding carboxylic acids is 1. The molecule has 1 heteroatoms. The Morgan fingerprint density at radius 1 is 1.05 bits per heavy atom. The number of benzene rings is 2. The van der Waals surface area contributed by atoms with Gasteiger partial charge in [-0.1, -0.05) is 60.7 Å². The Balaban J connectivity index is 2.05. The second-order valence-corrected chi connectivity index (χ2v) is 4.52. The molecule has 0 aromatic heterocycles. The molecule has 0 aliphatic heterocycles. The zero-order chi connectivity index (χ0) is 14.4. The SMILES string of the molecule is [2H]/C(=C(/C)C(=O)CCc1ccccc1)c1ccccc1. The van der Waals surface area contributed by atoms with E-state index in [0.717, 1.165) is 17.5 Å². The van der Waals surface area contributed by atoms with Crippen LogP contribution in [0.3, 0.4) is 0 Å². The minimum Gasteiger partial charge on any atom is -0.295 e. The predicted molar refractivity (Wildman–Crippen MR) is 79.9 cm³/mol. The van der Waals surface area contributed by atoms with E-state index in [-0.39, 0.29) is 5.78 Å². The molecule has 1 nitrogen and oxygen atoms in total. The van der Waals surface area contributed by atoms with Gasteiger partial charge in [0.25, 0.3) is 0 Å². The summed E-state index contributed by atoms with van der Waals surface area (Å²) in [5, 5.41) is 0. The van der Waals surface area contributed by atoms with Gasteiger partial charge in [0.1, 0.15) is 0 Å². The minimum atomic E-state index is 0.0442. The van der Waals surface area contributed by atoms with Crippen molar-refractivity contribution in [1.29, 1.82) is 0 Å². The van der Waals surface area contributed by atoms with Crippen LogP contribution >= 0.6 is 0 Å². The zero-order valence-electron chi connectivity index (χ0n) is 12.1. The highest BCUT2D eigenvalue weighted by Crippen LogP contribution is 2.10. The number of allylic oxidation sites excluding steroid dienone is 1. The van der Waals surface area contributed by atoms with E-state index in [4.69, 9.17) is 1.37 Å². The standard InChI is InChI=1S/C18H18O/c1-15(14-17-10-6-3-7-11-17)18(19)13-12-16-8-4-2-5-9-16/h2-11,14H,12-13H2,1H3/b15-14+/i14D. The normalized spacial score (nSPS) is 12.6. The Hall–Kier alpha value is -2.15. The van der Waals surface area contributed by atoms with Crippen LogP contribution in [0, 0.1) is 0 Å². The Morgan fingerprint density at radius 2 is 1.63 bits per heavy atom. The summed E-state index contributed by atoms with van der Waals surface area (Å²) >= 11 is 0. The molecule has 0 saturated heterocycles. The molecule has 0 radical (unpaired) electrons. The molecule has 0 saturated carbocycles. The van der Waals surface area contributed by atoms with Crippen molar-refractivity contribution in [2.24, 2.45) is 0 Å². The summed E-state index contributed by atoms with van der Waals surface area (Å²) < 4.78 is 8.09. The highest BCUT2D eigenvalue weighted by atomic mass is 16.1. The lowest BCUT2D eigenvalue weighted by atomic mass is 10.0. The van der Waals surface area contributed by atoms with Crippen LogP contribution in [0.15, 0.2) is 66.2 Å². The lowest BCUT2D eigenvalue weighted by molar-refractivity contribution is -0.115. The summed E-state index contributed by atoms with van der Waals surface area (Å²) in [6.45, 7) is 1.74. The maximum absolute atomic E-state index is 12.2. The van der Waals surface area contributed by atoms with Gasteiger partial charge in [-0.15, -0.1) is 0 Å². The van der Waals surface area contributed by atoms with E-state index in [1.165, 1.54) is 0 Å². The summed E-state index contributed by atoms with van der Waals surface area (Å²) in [4.78, 5) is 12.2. The molecule has 2 rings (SSSR count). The van der Waals surface area contributed by atoms with Gasteiger partial charge in [0.2, 0.25) is 0 Å². The molecule has 0 N–H and O–H groups in total. The van der Waals surface area contributed by atoms with Gasteiger partial charge in [-0.2, -0.15) is 0 Å². The Bertz CT molecular complexity index is 600. The Labute approximate surface area is 116 Å². The van der Waals surface area contributed by atoms with Crippen LogP contribution in [0.4, 0.5) is 0 Å². The molecule has 19 heavy (non-hydrogen) atoms. The van der Waals surface area contributed by atoms with Crippen LogP contribution < -0.4 is 0 Å². The minimum absolute atomic E-state index is 0.0442. The summed E-state index contributed by atoms with van der Waals surface area (Å²) in [5.41, 5.74) is 2.48. The molecule has 0 atom stereocenters. The zero-order valence-corrected chi connectivity index (χ0v) is 11.1. The van der Waals surface area contributed by atoms with E-state index < -0.39 is 0 Å². The van der Waals surface area contributed by atoms with Crippen molar-refractivity contribution in [3.05, 3.63) is 77.4 Å². The largest absolute Gasteiger partial charge is 0.295 e. The molecule has 0 aliphatic carbocycles. The first-order valence-electron chi connectivity index (χ1n) is 6.98. The van der Waals surface area contributed by atoms with Crippen LogP contribution in [0.5, 0.6) is 0 Å². The van der Waals surface area contributed by atoms with Crippen molar-refractivity contribution in [2.75, 3.05) is 0 Å². The van der Waals surface area contributed by atoms with E-state index in [2.05, 4.69) is 0 Å². The molecular formula is C18H18O. The smallest absolute Gasteiger partial charge is 0.158 e. The lowest BCUT2D eigenvalue weighted by Crippen LogP contribution is -2.01. The first-order valence-corrected chi connectivity index (χ1v) is 6.48. The molecule has 0 unspecified atom stereocenters. The number of hydrogen-bond donors (Lipinski definition) is 0. The number of carbonyl (C=O) groups is 1. The number of hydrogen-bond acceptors (Lipinski definition) is 1. The van der Waals surface area contributed by atoms with Crippen molar-refractivity contribution in [1.82, 2.24) is 0 Å². The van der Waals surface area contributed by atoms with E-state index in [1.807, 2.05) is 60.7 Å². The number of rotatable bonds is 5. The van der Waals surface area contributed by atoms with E-state index in [9.17, 15) is 4.79 Å². The molecule has 0 bridgehead atoms. The number of aryl methyl sites for hydroxylation is 1. The van der Waals surface area contributed by atoms with Gasteiger partial charge in [0, 0.05) is 6.42 Å². The van der Waals surface area contributed by atoms with Gasteiger partial charge in [-0.05, 0) is 36.1 Å². The number of Topliss-reactive ketones (excluding diaryl/α,β-unsaturated/α-hetero) is 1. The quantitative estimate of drug-likeness (QED) is 0.724. The van der Waals surface area contributed by atoms with Gasteiger partial charge in [-0.3, -0.25) is 4.79 Å². The van der Waals surface area contributed by atoms with Gasteiger partial charge in [-0.25, -0.2) is 0 Å². The summed E-state index contributed by atoms with van der Waals surface area (Å²) in [6.07, 6.45) is 1.17. The monoisotopic (exact) mass is 251 g/mol. The average molecular weight is 251 g/mol. The average Bonchev–Trinajstić information content (AvgIpc) is 2.53. The van der Waals surface area contributed by atoms with Crippen LogP contribution in [-0.2, 0) is 11.2 Å². The fraction of sp³-hybridized carbons (Fsp3) is 0.167. The van der Waals surface area contributed by atoms with Gasteiger partial charge in [0.05, 0.1) is 1.37 Å². The molecule has 0 amide bonds. The van der Waals surface area contributed by atoms with Crippen molar-refractivity contribution >= 4 is 11.8 Å². The highest BCUT2D eigenvalue weighted by molar-refractivity contribution is 5.98. The van der Waals surface area contributed by atoms with Gasteiger partial charge >= 0.3 is 0 Å². The molecule has 0 fully saturated rings. The maximum Gasteiger partial charge on any atom is 0.158 e. The third-order valence-electron chi connectivity index (χ3n) is 3.01. The first-order chi connectivity index (χ1) is 9.68. The molecule has 96 valence electrons. The van der Waals surface area contributed by atoms with Gasteiger partial charge < -0.3 is 0 Å². The van der Waals surface area contributed by atoms with Crippen molar-refractivity contribution in [3.63, 3.8) is 0 Å². The second kappa shape index (κ2) is 6.69.